The number of hydrogen-bond acceptors (Lipinski definition) is 2. The second kappa shape index (κ2) is 5.89. The summed E-state index contributed by atoms with van der Waals surface area (Å²) in [6, 6.07) is 8.11. The van der Waals surface area contributed by atoms with E-state index in [2.05, 4.69) is 5.32 Å². The zero-order chi connectivity index (χ0) is 13.0. The number of nitrogens with one attached hydrogen (secondary N) is 1. The molecule has 0 aromatic heterocycles. The highest BCUT2D eigenvalue weighted by atomic mass is 16.5. The Morgan fingerprint density at radius 2 is 2.00 bits per heavy atom. The van der Waals surface area contributed by atoms with Crippen LogP contribution in [-0.4, -0.2) is 18.1 Å². The number of rotatable bonds is 4. The minimum atomic E-state index is -0.438. The smallest absolute Gasteiger partial charge is 0.260 e. The number of aryl methyl sites for hydroxylation is 1. The molecule has 1 N–H and O–H groups in total. The van der Waals surface area contributed by atoms with Gasteiger partial charge in [0.15, 0.2) is 6.10 Å². The summed E-state index contributed by atoms with van der Waals surface area (Å²) in [5, 5.41) is 3.05. The van der Waals surface area contributed by atoms with Gasteiger partial charge in [0.25, 0.3) is 5.91 Å². The lowest BCUT2D eigenvalue weighted by atomic mass is 10.2. The first-order valence-electron chi connectivity index (χ1n) is 6.69. The Kier molecular flexibility index (Phi) is 4.24. The van der Waals surface area contributed by atoms with Gasteiger partial charge < -0.3 is 10.1 Å². The molecule has 0 radical (unpaired) electrons. The van der Waals surface area contributed by atoms with Gasteiger partial charge in [0.2, 0.25) is 0 Å². The van der Waals surface area contributed by atoms with E-state index in [1.807, 2.05) is 31.2 Å². The molecule has 1 fully saturated rings. The van der Waals surface area contributed by atoms with E-state index in [0.29, 0.717) is 6.04 Å². The highest BCUT2D eigenvalue weighted by Crippen LogP contribution is 2.19. The molecule has 0 spiro atoms. The third kappa shape index (κ3) is 3.25. The Morgan fingerprint density at radius 3 is 2.67 bits per heavy atom. The lowest BCUT2D eigenvalue weighted by Gasteiger charge is -2.18. The maximum Gasteiger partial charge on any atom is 0.260 e. The Hall–Kier alpha value is -1.51. The maximum absolute atomic E-state index is 12.0. The topological polar surface area (TPSA) is 38.3 Å². The molecule has 98 valence electrons. The predicted molar refractivity (Wildman–Crippen MR) is 71.7 cm³/mol. The number of para-hydroxylation sites is 1. The summed E-state index contributed by atoms with van der Waals surface area (Å²) >= 11 is 0. The van der Waals surface area contributed by atoms with E-state index < -0.39 is 6.10 Å². The number of carbonyl (C=O) groups is 1. The summed E-state index contributed by atoms with van der Waals surface area (Å²) in [7, 11) is 0. The minimum absolute atomic E-state index is 0.00912. The van der Waals surface area contributed by atoms with E-state index in [-0.39, 0.29) is 5.91 Å². The largest absolute Gasteiger partial charge is 0.481 e. The number of hydrogen-bond donors (Lipinski definition) is 1. The third-order valence-corrected chi connectivity index (χ3v) is 3.47. The number of ether oxygens (including phenoxy) is 1. The van der Waals surface area contributed by atoms with Gasteiger partial charge in [-0.15, -0.1) is 0 Å². The molecule has 1 aliphatic rings. The molecule has 0 aliphatic heterocycles. The normalized spacial score (nSPS) is 17.4. The molecular weight excluding hydrogens is 226 g/mol. The maximum atomic E-state index is 12.0. The van der Waals surface area contributed by atoms with Gasteiger partial charge in [-0.05, 0) is 38.3 Å². The molecule has 3 nitrogen and oxygen atoms in total. The van der Waals surface area contributed by atoms with Crippen LogP contribution in [0.15, 0.2) is 24.3 Å². The highest BCUT2D eigenvalue weighted by Gasteiger charge is 2.21. The predicted octanol–water partition coefficient (Wildman–Crippen LogP) is 2.82. The van der Waals surface area contributed by atoms with Crippen molar-refractivity contribution in [2.24, 2.45) is 0 Å². The van der Waals surface area contributed by atoms with Gasteiger partial charge in [0.05, 0.1) is 0 Å². The summed E-state index contributed by atoms with van der Waals surface area (Å²) in [4.78, 5) is 12.0. The number of amides is 1. The zero-order valence-electron chi connectivity index (χ0n) is 11.1. The van der Waals surface area contributed by atoms with Crippen LogP contribution in [0.2, 0.25) is 0 Å². The van der Waals surface area contributed by atoms with Gasteiger partial charge in [-0.1, -0.05) is 31.0 Å². The van der Waals surface area contributed by atoms with Crippen LogP contribution in [0, 0.1) is 6.92 Å². The average molecular weight is 247 g/mol. The molecular formula is C15H21NO2. The quantitative estimate of drug-likeness (QED) is 0.888. The molecule has 2 rings (SSSR count). The Morgan fingerprint density at radius 1 is 1.33 bits per heavy atom. The second-order valence-corrected chi connectivity index (χ2v) is 5.02. The summed E-state index contributed by atoms with van der Waals surface area (Å²) in [5.74, 6) is 0.775. The van der Waals surface area contributed by atoms with Crippen molar-refractivity contribution >= 4 is 5.91 Å². The van der Waals surface area contributed by atoms with Crippen LogP contribution >= 0.6 is 0 Å². The van der Waals surface area contributed by atoms with Crippen molar-refractivity contribution in [2.45, 2.75) is 51.7 Å². The monoisotopic (exact) mass is 247 g/mol. The van der Waals surface area contributed by atoms with E-state index in [4.69, 9.17) is 4.74 Å². The molecule has 1 amide bonds. The molecule has 1 aromatic carbocycles. The van der Waals surface area contributed by atoms with Crippen LogP contribution in [0.5, 0.6) is 5.75 Å². The zero-order valence-corrected chi connectivity index (χ0v) is 11.1. The fraction of sp³-hybridized carbons (Fsp3) is 0.533. The minimum Gasteiger partial charge on any atom is -0.481 e. The van der Waals surface area contributed by atoms with Crippen LogP contribution in [0.1, 0.15) is 38.2 Å². The summed E-state index contributed by atoms with van der Waals surface area (Å²) in [6.07, 6.45) is 4.20. The van der Waals surface area contributed by atoms with Gasteiger partial charge >= 0.3 is 0 Å². The second-order valence-electron chi connectivity index (χ2n) is 5.02. The highest BCUT2D eigenvalue weighted by molar-refractivity contribution is 5.81. The van der Waals surface area contributed by atoms with E-state index in [0.717, 1.165) is 24.2 Å². The first kappa shape index (κ1) is 12.9. The van der Waals surface area contributed by atoms with Gasteiger partial charge in [0.1, 0.15) is 5.75 Å². The number of benzene rings is 1. The van der Waals surface area contributed by atoms with Gasteiger partial charge in [-0.2, -0.15) is 0 Å². The molecule has 0 unspecified atom stereocenters. The van der Waals surface area contributed by atoms with Gasteiger partial charge in [0, 0.05) is 6.04 Å². The molecule has 1 atom stereocenters. The summed E-state index contributed by atoms with van der Waals surface area (Å²) in [5.41, 5.74) is 1.05. The van der Waals surface area contributed by atoms with Crippen LogP contribution in [0.25, 0.3) is 0 Å². The van der Waals surface area contributed by atoms with Gasteiger partial charge in [-0.3, -0.25) is 4.79 Å². The SMILES string of the molecule is Cc1ccccc1O[C@H](C)C(=O)NC1CCCC1. The fourth-order valence-corrected chi connectivity index (χ4v) is 2.32. The lowest BCUT2D eigenvalue weighted by Crippen LogP contribution is -2.41. The van der Waals surface area contributed by atoms with Crippen molar-refractivity contribution in [1.29, 1.82) is 0 Å². The van der Waals surface area contributed by atoms with E-state index in [1.54, 1.807) is 6.92 Å². The molecule has 0 heterocycles. The van der Waals surface area contributed by atoms with Crippen molar-refractivity contribution in [3.05, 3.63) is 29.8 Å². The van der Waals surface area contributed by atoms with Crippen LogP contribution < -0.4 is 10.1 Å². The molecule has 1 aliphatic carbocycles. The van der Waals surface area contributed by atoms with Crippen LogP contribution in [-0.2, 0) is 4.79 Å². The Labute approximate surface area is 109 Å². The van der Waals surface area contributed by atoms with Gasteiger partial charge in [-0.25, -0.2) is 0 Å². The standard InChI is InChI=1S/C15H21NO2/c1-11-7-3-6-10-14(11)18-12(2)15(17)16-13-8-4-5-9-13/h3,6-7,10,12-13H,4-5,8-9H2,1-2H3,(H,16,17)/t12-/m1/s1. The molecule has 0 bridgehead atoms. The Balaban J connectivity index is 1.89. The third-order valence-electron chi connectivity index (χ3n) is 3.47. The molecule has 1 saturated carbocycles. The molecule has 18 heavy (non-hydrogen) atoms. The van der Waals surface area contributed by atoms with Crippen LogP contribution in [0.4, 0.5) is 0 Å². The first-order valence-corrected chi connectivity index (χ1v) is 6.69. The van der Waals surface area contributed by atoms with Crippen molar-refractivity contribution < 1.29 is 9.53 Å². The van der Waals surface area contributed by atoms with Crippen molar-refractivity contribution in [3.63, 3.8) is 0 Å². The molecule has 3 heteroatoms. The number of carbonyl (C=O) groups excluding carboxylic acids is 1. The molecule has 0 saturated heterocycles. The fourth-order valence-electron chi connectivity index (χ4n) is 2.32. The average Bonchev–Trinajstić information content (AvgIpc) is 2.84. The van der Waals surface area contributed by atoms with E-state index in [1.165, 1.54) is 12.8 Å². The van der Waals surface area contributed by atoms with E-state index >= 15 is 0 Å². The Bertz CT molecular complexity index is 411. The van der Waals surface area contributed by atoms with Crippen molar-refractivity contribution in [2.75, 3.05) is 0 Å². The molecule has 1 aromatic rings. The summed E-state index contributed by atoms with van der Waals surface area (Å²) < 4.78 is 5.71. The van der Waals surface area contributed by atoms with Crippen LogP contribution in [0.3, 0.4) is 0 Å². The van der Waals surface area contributed by atoms with Crippen molar-refractivity contribution in [3.8, 4) is 5.75 Å². The first-order chi connectivity index (χ1) is 8.66. The summed E-state index contributed by atoms with van der Waals surface area (Å²) in [6.45, 7) is 3.79. The van der Waals surface area contributed by atoms with E-state index in [9.17, 15) is 4.79 Å². The lowest BCUT2D eigenvalue weighted by molar-refractivity contribution is -0.127. The van der Waals surface area contributed by atoms with Crippen molar-refractivity contribution in [1.82, 2.24) is 5.32 Å².